The lowest BCUT2D eigenvalue weighted by Crippen LogP contribution is -2.31. The van der Waals surface area contributed by atoms with Gasteiger partial charge in [0.25, 0.3) is 0 Å². The number of carbonyl (C=O) groups is 1. The molecule has 2 atom stereocenters. The molecule has 18 heavy (non-hydrogen) atoms. The van der Waals surface area contributed by atoms with Gasteiger partial charge in [0, 0.05) is 11.7 Å². The molecule has 0 aliphatic heterocycles. The normalized spacial score (nSPS) is 22.8. The predicted octanol–water partition coefficient (Wildman–Crippen LogP) is 2.97. The zero-order valence-electron chi connectivity index (χ0n) is 10.5. The van der Waals surface area contributed by atoms with E-state index in [1.807, 2.05) is 13.0 Å². The van der Waals surface area contributed by atoms with E-state index >= 15 is 0 Å². The van der Waals surface area contributed by atoms with Crippen molar-refractivity contribution < 1.29 is 13.9 Å². The second kappa shape index (κ2) is 5.85. The topological polar surface area (TPSA) is 38.3 Å². The van der Waals surface area contributed by atoms with Gasteiger partial charge in [-0.3, -0.25) is 4.79 Å². The van der Waals surface area contributed by atoms with Crippen molar-refractivity contribution >= 4 is 11.7 Å². The Hall–Kier alpha value is -1.58. The minimum absolute atomic E-state index is 0.0471. The number of halogens is 1. The number of carbonyl (C=O) groups excluding carboxylic acids is 1. The number of ether oxygens (including phenoxy) is 1. The van der Waals surface area contributed by atoms with Crippen LogP contribution in [0.25, 0.3) is 0 Å². The number of nitrogens with one attached hydrogen (secondary N) is 1. The summed E-state index contributed by atoms with van der Waals surface area (Å²) < 4.78 is 18.2. The molecule has 1 aliphatic carbocycles. The summed E-state index contributed by atoms with van der Waals surface area (Å²) in [6.07, 6.45) is 2.75. The fourth-order valence-electron chi connectivity index (χ4n) is 2.46. The zero-order valence-corrected chi connectivity index (χ0v) is 10.5. The predicted molar refractivity (Wildman–Crippen MR) is 67.8 cm³/mol. The van der Waals surface area contributed by atoms with Gasteiger partial charge in [-0.1, -0.05) is 12.5 Å². The Morgan fingerprint density at radius 1 is 1.50 bits per heavy atom. The van der Waals surface area contributed by atoms with Gasteiger partial charge in [0.15, 0.2) is 0 Å². The fourth-order valence-corrected chi connectivity index (χ4v) is 2.46. The Labute approximate surface area is 106 Å². The first-order valence-electron chi connectivity index (χ1n) is 6.39. The lowest BCUT2D eigenvalue weighted by Gasteiger charge is -2.20. The summed E-state index contributed by atoms with van der Waals surface area (Å²) in [7, 11) is 0. The van der Waals surface area contributed by atoms with E-state index < -0.39 is 0 Å². The van der Waals surface area contributed by atoms with Crippen LogP contribution in [0.3, 0.4) is 0 Å². The molecular formula is C14H18FNO2. The molecule has 1 saturated carbocycles. The van der Waals surface area contributed by atoms with E-state index in [4.69, 9.17) is 4.74 Å². The minimum Gasteiger partial charge on any atom is -0.466 e. The van der Waals surface area contributed by atoms with Crippen LogP contribution in [-0.2, 0) is 9.53 Å². The van der Waals surface area contributed by atoms with Crippen molar-refractivity contribution in [1.29, 1.82) is 0 Å². The Morgan fingerprint density at radius 3 is 3.06 bits per heavy atom. The highest BCUT2D eigenvalue weighted by atomic mass is 19.1. The number of hydrogen-bond acceptors (Lipinski definition) is 3. The van der Waals surface area contributed by atoms with E-state index in [2.05, 4.69) is 5.32 Å². The summed E-state index contributed by atoms with van der Waals surface area (Å²) in [6, 6.07) is 6.37. The van der Waals surface area contributed by atoms with Crippen molar-refractivity contribution in [3.8, 4) is 0 Å². The fraction of sp³-hybridized carbons (Fsp3) is 0.500. The lowest BCUT2D eigenvalue weighted by molar-refractivity contribution is -0.147. The van der Waals surface area contributed by atoms with Crippen molar-refractivity contribution in [2.45, 2.75) is 32.2 Å². The van der Waals surface area contributed by atoms with Gasteiger partial charge in [0.05, 0.1) is 12.5 Å². The molecule has 2 rings (SSSR count). The average molecular weight is 251 g/mol. The molecule has 0 saturated heterocycles. The summed E-state index contributed by atoms with van der Waals surface area (Å²) in [5.74, 6) is -0.539. The minimum atomic E-state index is -0.273. The van der Waals surface area contributed by atoms with E-state index in [1.165, 1.54) is 12.1 Å². The van der Waals surface area contributed by atoms with Crippen LogP contribution < -0.4 is 5.32 Å². The first-order valence-corrected chi connectivity index (χ1v) is 6.39. The van der Waals surface area contributed by atoms with Crippen LogP contribution in [0.2, 0.25) is 0 Å². The van der Waals surface area contributed by atoms with Gasteiger partial charge in [-0.15, -0.1) is 0 Å². The van der Waals surface area contributed by atoms with Crippen LogP contribution in [0.4, 0.5) is 10.1 Å². The van der Waals surface area contributed by atoms with E-state index in [0.717, 1.165) is 24.9 Å². The summed E-state index contributed by atoms with van der Waals surface area (Å²) in [5, 5.41) is 3.23. The van der Waals surface area contributed by atoms with Crippen molar-refractivity contribution in [3.05, 3.63) is 30.1 Å². The maximum atomic E-state index is 13.1. The summed E-state index contributed by atoms with van der Waals surface area (Å²) in [5.41, 5.74) is 0.719. The number of esters is 1. The molecule has 0 spiro atoms. The standard InChI is InChI=1S/C14H18FNO2/c1-2-18-14(17)12-7-4-8-13(12)16-11-6-3-5-10(15)9-11/h3,5-6,9,12-13,16H,2,4,7-8H2,1H3/t12-,13+/m0/s1. The molecule has 1 fully saturated rings. The largest absolute Gasteiger partial charge is 0.466 e. The van der Waals surface area contributed by atoms with Gasteiger partial charge in [-0.05, 0) is 38.0 Å². The van der Waals surface area contributed by atoms with Crippen LogP contribution >= 0.6 is 0 Å². The molecule has 0 heterocycles. The van der Waals surface area contributed by atoms with Gasteiger partial charge >= 0.3 is 5.97 Å². The molecule has 3 nitrogen and oxygen atoms in total. The van der Waals surface area contributed by atoms with Crippen molar-refractivity contribution in [2.24, 2.45) is 5.92 Å². The molecule has 4 heteroatoms. The van der Waals surface area contributed by atoms with Crippen LogP contribution in [-0.4, -0.2) is 18.6 Å². The van der Waals surface area contributed by atoms with Gasteiger partial charge < -0.3 is 10.1 Å². The molecule has 0 aromatic heterocycles. The van der Waals surface area contributed by atoms with Gasteiger partial charge in [0.2, 0.25) is 0 Å². The number of hydrogen-bond donors (Lipinski definition) is 1. The third kappa shape index (κ3) is 3.00. The van der Waals surface area contributed by atoms with Crippen LogP contribution in [0, 0.1) is 11.7 Å². The average Bonchev–Trinajstić information content (AvgIpc) is 2.77. The first kappa shape index (κ1) is 12.9. The molecular weight excluding hydrogens is 233 g/mol. The van der Waals surface area contributed by atoms with Crippen molar-refractivity contribution in [2.75, 3.05) is 11.9 Å². The quantitative estimate of drug-likeness (QED) is 0.836. The summed E-state index contributed by atoms with van der Waals surface area (Å²) in [4.78, 5) is 11.8. The second-order valence-electron chi connectivity index (χ2n) is 4.55. The molecule has 0 unspecified atom stereocenters. The van der Waals surface area contributed by atoms with E-state index in [-0.39, 0.29) is 23.7 Å². The first-order chi connectivity index (χ1) is 8.70. The highest BCUT2D eigenvalue weighted by Gasteiger charge is 2.33. The van der Waals surface area contributed by atoms with Crippen molar-refractivity contribution in [3.63, 3.8) is 0 Å². The van der Waals surface area contributed by atoms with Crippen LogP contribution in [0.1, 0.15) is 26.2 Å². The zero-order chi connectivity index (χ0) is 13.0. The molecule has 0 bridgehead atoms. The van der Waals surface area contributed by atoms with Gasteiger partial charge in [-0.2, -0.15) is 0 Å². The Balaban J connectivity index is 2.01. The maximum Gasteiger partial charge on any atom is 0.311 e. The SMILES string of the molecule is CCOC(=O)[C@H]1CCC[C@H]1Nc1cccc(F)c1. The number of benzene rings is 1. The van der Waals surface area contributed by atoms with E-state index in [9.17, 15) is 9.18 Å². The second-order valence-corrected chi connectivity index (χ2v) is 4.55. The van der Waals surface area contributed by atoms with Gasteiger partial charge in [-0.25, -0.2) is 4.39 Å². The Bertz CT molecular complexity index is 422. The van der Waals surface area contributed by atoms with E-state index in [0.29, 0.717) is 6.61 Å². The molecule has 1 aromatic carbocycles. The molecule has 0 amide bonds. The molecule has 98 valence electrons. The van der Waals surface area contributed by atoms with Crippen LogP contribution in [0.5, 0.6) is 0 Å². The molecule has 0 radical (unpaired) electrons. The lowest BCUT2D eigenvalue weighted by atomic mass is 10.0. The Kier molecular flexibility index (Phi) is 4.18. The number of rotatable bonds is 4. The third-order valence-electron chi connectivity index (χ3n) is 3.28. The number of anilines is 1. The molecule has 1 aromatic rings. The third-order valence-corrected chi connectivity index (χ3v) is 3.28. The van der Waals surface area contributed by atoms with E-state index in [1.54, 1.807) is 6.07 Å². The van der Waals surface area contributed by atoms with Crippen LogP contribution in [0.15, 0.2) is 24.3 Å². The highest BCUT2D eigenvalue weighted by Crippen LogP contribution is 2.29. The smallest absolute Gasteiger partial charge is 0.311 e. The monoisotopic (exact) mass is 251 g/mol. The Morgan fingerprint density at radius 2 is 2.33 bits per heavy atom. The van der Waals surface area contributed by atoms with Crippen molar-refractivity contribution in [1.82, 2.24) is 0 Å². The molecule has 1 aliphatic rings. The molecule has 1 N–H and O–H groups in total. The highest BCUT2D eigenvalue weighted by molar-refractivity contribution is 5.74. The summed E-state index contributed by atoms with van der Waals surface area (Å²) >= 11 is 0. The van der Waals surface area contributed by atoms with Gasteiger partial charge in [0.1, 0.15) is 5.82 Å². The maximum absolute atomic E-state index is 13.1. The summed E-state index contributed by atoms with van der Waals surface area (Å²) in [6.45, 7) is 2.21.